The van der Waals surface area contributed by atoms with Gasteiger partial charge in [0.05, 0.1) is 0 Å². The first-order valence-corrected chi connectivity index (χ1v) is 5.06. The number of hydrogen-bond donors (Lipinski definition) is 1. The summed E-state index contributed by atoms with van der Waals surface area (Å²) < 4.78 is 5.91. The van der Waals surface area contributed by atoms with E-state index in [1.165, 1.54) is 5.56 Å². The second-order valence-electron chi connectivity index (χ2n) is 4.66. The van der Waals surface area contributed by atoms with Gasteiger partial charge in [-0.2, -0.15) is 0 Å². The number of rotatable bonds is 1. The van der Waals surface area contributed by atoms with Gasteiger partial charge in [-0.15, -0.1) is 0 Å². The van der Waals surface area contributed by atoms with Crippen molar-refractivity contribution < 1.29 is 4.74 Å². The molecule has 1 aliphatic rings. The average molecular weight is 191 g/mol. The first-order chi connectivity index (χ1) is 6.49. The van der Waals surface area contributed by atoms with Crippen LogP contribution in [0.4, 0.5) is 0 Å². The van der Waals surface area contributed by atoms with Crippen LogP contribution in [0.15, 0.2) is 18.2 Å². The molecule has 0 amide bonds. The van der Waals surface area contributed by atoms with Crippen molar-refractivity contribution in [1.29, 1.82) is 0 Å². The molecule has 2 nitrogen and oxygen atoms in total. The van der Waals surface area contributed by atoms with Crippen molar-refractivity contribution in [2.75, 3.05) is 0 Å². The Morgan fingerprint density at radius 2 is 2.14 bits per heavy atom. The topological polar surface area (TPSA) is 35.2 Å². The molecule has 0 saturated carbocycles. The van der Waals surface area contributed by atoms with E-state index in [-0.39, 0.29) is 11.6 Å². The molecule has 76 valence electrons. The Bertz CT molecular complexity index is 355. The third-order valence-corrected chi connectivity index (χ3v) is 2.61. The molecule has 0 aromatic heterocycles. The molecule has 0 saturated heterocycles. The maximum atomic E-state index is 5.91. The zero-order valence-electron chi connectivity index (χ0n) is 9.00. The van der Waals surface area contributed by atoms with Gasteiger partial charge in [-0.1, -0.05) is 18.2 Å². The largest absolute Gasteiger partial charge is 0.487 e. The van der Waals surface area contributed by atoms with Gasteiger partial charge >= 0.3 is 0 Å². The number of hydrogen-bond acceptors (Lipinski definition) is 2. The zero-order chi connectivity index (χ0) is 10.3. The summed E-state index contributed by atoms with van der Waals surface area (Å²) in [4.78, 5) is 0. The van der Waals surface area contributed by atoms with Gasteiger partial charge in [0.25, 0.3) is 0 Å². The average Bonchev–Trinajstić information content (AvgIpc) is 2.36. The lowest BCUT2D eigenvalue weighted by Gasteiger charge is -2.19. The predicted molar refractivity (Wildman–Crippen MR) is 57.5 cm³/mol. The summed E-state index contributed by atoms with van der Waals surface area (Å²) in [6.07, 6.45) is 0.975. The number of benzene rings is 1. The minimum Gasteiger partial charge on any atom is -0.487 e. The van der Waals surface area contributed by atoms with Gasteiger partial charge < -0.3 is 10.5 Å². The molecule has 0 bridgehead atoms. The lowest BCUT2D eigenvalue weighted by molar-refractivity contribution is 0.137. The number of fused-ring (bicyclic) bond motifs is 1. The normalized spacial score (nSPS) is 20.0. The van der Waals surface area contributed by atoms with Gasteiger partial charge in [0.1, 0.15) is 11.4 Å². The van der Waals surface area contributed by atoms with Crippen molar-refractivity contribution in [3.63, 3.8) is 0 Å². The molecule has 0 radical (unpaired) electrons. The maximum Gasteiger partial charge on any atom is 0.128 e. The number of nitrogens with two attached hydrogens (primary N) is 1. The van der Waals surface area contributed by atoms with E-state index in [1.54, 1.807) is 0 Å². The van der Waals surface area contributed by atoms with Crippen LogP contribution in [-0.2, 0) is 6.42 Å². The molecule has 1 atom stereocenters. The minimum absolute atomic E-state index is 0.0406. The van der Waals surface area contributed by atoms with Gasteiger partial charge in [0.15, 0.2) is 0 Å². The lowest BCUT2D eigenvalue weighted by atomic mass is 9.99. The summed E-state index contributed by atoms with van der Waals surface area (Å²) in [5, 5.41) is 0. The van der Waals surface area contributed by atoms with Crippen LogP contribution in [0.2, 0.25) is 0 Å². The van der Waals surface area contributed by atoms with Crippen LogP contribution in [0.25, 0.3) is 0 Å². The van der Waals surface area contributed by atoms with Crippen molar-refractivity contribution in [1.82, 2.24) is 0 Å². The van der Waals surface area contributed by atoms with Crippen molar-refractivity contribution >= 4 is 0 Å². The van der Waals surface area contributed by atoms with Crippen LogP contribution in [0.1, 0.15) is 37.9 Å². The standard InChI is InChI=1S/C12H17NO/c1-8(13)10-6-4-5-9-7-12(2,3)14-11(9)10/h4-6,8H,7,13H2,1-3H3. The molecule has 2 heteroatoms. The van der Waals surface area contributed by atoms with E-state index in [1.807, 2.05) is 13.0 Å². The first kappa shape index (κ1) is 9.53. The molecule has 0 aliphatic carbocycles. The predicted octanol–water partition coefficient (Wildman–Crippen LogP) is 2.42. The summed E-state index contributed by atoms with van der Waals surface area (Å²) in [7, 11) is 0. The van der Waals surface area contributed by atoms with Crippen molar-refractivity contribution in [2.45, 2.75) is 38.8 Å². The molecular weight excluding hydrogens is 174 g/mol. The Labute approximate surface area is 85.1 Å². The molecule has 2 rings (SSSR count). The van der Waals surface area contributed by atoms with Gasteiger partial charge in [-0.05, 0) is 26.3 Å². The minimum atomic E-state index is -0.0761. The highest BCUT2D eigenvalue weighted by Crippen LogP contribution is 2.39. The highest BCUT2D eigenvalue weighted by molar-refractivity contribution is 5.46. The molecule has 0 fully saturated rings. The second kappa shape index (κ2) is 2.99. The van der Waals surface area contributed by atoms with E-state index >= 15 is 0 Å². The molecule has 14 heavy (non-hydrogen) atoms. The third-order valence-electron chi connectivity index (χ3n) is 2.61. The molecule has 1 unspecified atom stereocenters. The van der Waals surface area contributed by atoms with Crippen LogP contribution in [0.3, 0.4) is 0 Å². The Morgan fingerprint density at radius 1 is 1.43 bits per heavy atom. The van der Waals surface area contributed by atoms with E-state index in [0.29, 0.717) is 0 Å². The van der Waals surface area contributed by atoms with Crippen LogP contribution < -0.4 is 10.5 Å². The summed E-state index contributed by atoms with van der Waals surface area (Å²) in [5.41, 5.74) is 8.22. The van der Waals surface area contributed by atoms with Crippen molar-refractivity contribution in [3.8, 4) is 5.75 Å². The fourth-order valence-corrected chi connectivity index (χ4v) is 2.00. The van der Waals surface area contributed by atoms with Gasteiger partial charge in [-0.3, -0.25) is 0 Å². The molecule has 1 aromatic carbocycles. The summed E-state index contributed by atoms with van der Waals surface area (Å²) in [6.45, 7) is 6.21. The fourth-order valence-electron chi connectivity index (χ4n) is 2.00. The third kappa shape index (κ3) is 1.50. The molecule has 1 aromatic rings. The van der Waals surface area contributed by atoms with Crippen LogP contribution >= 0.6 is 0 Å². The zero-order valence-corrected chi connectivity index (χ0v) is 9.00. The van der Waals surface area contributed by atoms with E-state index in [9.17, 15) is 0 Å². The smallest absolute Gasteiger partial charge is 0.128 e. The van der Waals surface area contributed by atoms with E-state index in [4.69, 9.17) is 10.5 Å². The molecule has 1 aliphatic heterocycles. The number of ether oxygens (including phenoxy) is 1. The van der Waals surface area contributed by atoms with Crippen LogP contribution in [0, 0.1) is 0 Å². The van der Waals surface area contributed by atoms with Crippen LogP contribution in [0.5, 0.6) is 5.75 Å². The second-order valence-corrected chi connectivity index (χ2v) is 4.66. The molecule has 2 N–H and O–H groups in total. The Kier molecular flexibility index (Phi) is 2.04. The maximum absolute atomic E-state index is 5.91. The van der Waals surface area contributed by atoms with E-state index in [2.05, 4.69) is 26.0 Å². The molecular formula is C12H17NO. The Balaban J connectivity index is 2.46. The summed E-state index contributed by atoms with van der Waals surface area (Å²) >= 11 is 0. The summed E-state index contributed by atoms with van der Waals surface area (Å²) in [5.74, 6) is 1.01. The fraction of sp³-hybridized carbons (Fsp3) is 0.500. The van der Waals surface area contributed by atoms with Gasteiger partial charge in [0, 0.05) is 18.0 Å². The monoisotopic (exact) mass is 191 g/mol. The van der Waals surface area contributed by atoms with E-state index in [0.717, 1.165) is 17.7 Å². The van der Waals surface area contributed by atoms with Crippen molar-refractivity contribution in [2.24, 2.45) is 5.73 Å². The highest BCUT2D eigenvalue weighted by Gasteiger charge is 2.31. The quantitative estimate of drug-likeness (QED) is 0.740. The highest BCUT2D eigenvalue weighted by atomic mass is 16.5. The van der Waals surface area contributed by atoms with Crippen molar-refractivity contribution in [3.05, 3.63) is 29.3 Å². The lowest BCUT2D eigenvalue weighted by Crippen LogP contribution is -2.25. The van der Waals surface area contributed by atoms with Gasteiger partial charge in [-0.25, -0.2) is 0 Å². The SMILES string of the molecule is CC(N)c1cccc2c1OC(C)(C)C2. The van der Waals surface area contributed by atoms with E-state index < -0.39 is 0 Å². The van der Waals surface area contributed by atoms with Gasteiger partial charge in [0.2, 0.25) is 0 Å². The Hall–Kier alpha value is -1.02. The van der Waals surface area contributed by atoms with Crippen LogP contribution in [-0.4, -0.2) is 5.60 Å². The Morgan fingerprint density at radius 3 is 2.79 bits per heavy atom. The summed E-state index contributed by atoms with van der Waals surface area (Å²) in [6, 6.07) is 6.27. The number of para-hydroxylation sites is 1. The first-order valence-electron chi connectivity index (χ1n) is 5.06. The molecule has 1 heterocycles. The molecule has 0 spiro atoms.